The van der Waals surface area contributed by atoms with E-state index in [9.17, 15) is 0 Å². The number of aromatic nitrogens is 1. The monoisotopic (exact) mass is 348 g/mol. The summed E-state index contributed by atoms with van der Waals surface area (Å²) in [6, 6.07) is 8.22. The minimum atomic E-state index is -0.00841. The summed E-state index contributed by atoms with van der Waals surface area (Å²) in [6.45, 7) is 9.51. The maximum atomic E-state index is 5.70. The van der Waals surface area contributed by atoms with Crippen molar-refractivity contribution in [3.05, 3.63) is 45.9 Å². The normalized spacial score (nSPS) is 14.4. The van der Waals surface area contributed by atoms with E-state index in [0.717, 1.165) is 17.9 Å². The van der Waals surface area contributed by atoms with Gasteiger partial charge in [-0.05, 0) is 24.6 Å². The van der Waals surface area contributed by atoms with Crippen LogP contribution in [0.15, 0.2) is 30.5 Å². The van der Waals surface area contributed by atoms with Crippen LogP contribution in [0.1, 0.15) is 49.2 Å². The summed E-state index contributed by atoms with van der Waals surface area (Å²) in [7, 11) is 3.42. The first kappa shape index (κ1) is 18.9. The number of nitrogens with one attached hydrogen (secondary N) is 1. The van der Waals surface area contributed by atoms with E-state index in [4.69, 9.17) is 9.47 Å². The maximum absolute atomic E-state index is 5.70. The van der Waals surface area contributed by atoms with Gasteiger partial charge in [-0.15, -0.1) is 11.3 Å². The Hall–Kier alpha value is -1.43. The fourth-order valence-corrected chi connectivity index (χ4v) is 3.45. The fourth-order valence-electron chi connectivity index (χ4n) is 2.53. The van der Waals surface area contributed by atoms with Crippen molar-refractivity contribution in [1.82, 2.24) is 10.3 Å². The summed E-state index contributed by atoms with van der Waals surface area (Å²) in [4.78, 5) is 5.79. The number of hydrogen-bond acceptors (Lipinski definition) is 5. The molecule has 0 bridgehead atoms. The van der Waals surface area contributed by atoms with Gasteiger partial charge in [0.2, 0.25) is 0 Å². The molecule has 0 aliphatic heterocycles. The number of rotatable bonds is 7. The van der Waals surface area contributed by atoms with Crippen molar-refractivity contribution in [2.24, 2.45) is 0 Å². The zero-order valence-corrected chi connectivity index (χ0v) is 16.2. The molecule has 2 aromatic rings. The van der Waals surface area contributed by atoms with Crippen molar-refractivity contribution in [2.45, 2.75) is 51.8 Å². The Morgan fingerprint density at radius 3 is 2.33 bits per heavy atom. The molecule has 0 aliphatic carbocycles. The van der Waals surface area contributed by atoms with Gasteiger partial charge in [-0.2, -0.15) is 0 Å². The predicted molar refractivity (Wildman–Crippen MR) is 99.9 cm³/mol. The molecule has 0 amide bonds. The summed E-state index contributed by atoms with van der Waals surface area (Å²) in [6.07, 6.45) is 1.96. The SMILES string of the molecule is COc1ccc([C@@H](OC)[C@H](C)NCc2cnc(C(C)(C)C)s2)cc1. The standard InChI is InChI=1S/C19H28N2O2S/c1-13(17(23-6)14-7-9-15(22-5)10-8-14)20-11-16-12-21-18(24-16)19(2,3)4/h7-10,12-13,17,20H,11H2,1-6H3/t13-,17-/m0/s1. The minimum Gasteiger partial charge on any atom is -0.497 e. The van der Waals surface area contributed by atoms with E-state index in [-0.39, 0.29) is 17.6 Å². The lowest BCUT2D eigenvalue weighted by molar-refractivity contribution is 0.0730. The second-order valence-corrected chi connectivity index (χ2v) is 8.10. The van der Waals surface area contributed by atoms with Crippen LogP contribution in [0.4, 0.5) is 0 Å². The molecule has 1 heterocycles. The smallest absolute Gasteiger partial charge is 0.118 e. The third-order valence-corrected chi connectivity index (χ3v) is 5.37. The zero-order chi connectivity index (χ0) is 17.7. The lowest BCUT2D eigenvalue weighted by atomic mass is 9.98. The number of methoxy groups -OCH3 is 2. The maximum Gasteiger partial charge on any atom is 0.118 e. The van der Waals surface area contributed by atoms with Gasteiger partial charge < -0.3 is 14.8 Å². The van der Waals surface area contributed by atoms with Gasteiger partial charge in [0.25, 0.3) is 0 Å². The first-order chi connectivity index (χ1) is 11.3. The van der Waals surface area contributed by atoms with E-state index >= 15 is 0 Å². The molecule has 0 fully saturated rings. The Balaban J connectivity index is 1.98. The highest BCUT2D eigenvalue weighted by Gasteiger charge is 2.20. The molecule has 4 nitrogen and oxygen atoms in total. The fraction of sp³-hybridized carbons (Fsp3) is 0.526. The molecule has 2 atom stereocenters. The van der Waals surface area contributed by atoms with Crippen LogP contribution in [0.25, 0.3) is 0 Å². The highest BCUT2D eigenvalue weighted by molar-refractivity contribution is 7.11. The van der Waals surface area contributed by atoms with Crippen LogP contribution in [-0.2, 0) is 16.7 Å². The Kier molecular flexibility index (Phi) is 6.38. The third-order valence-electron chi connectivity index (χ3n) is 3.95. The van der Waals surface area contributed by atoms with Gasteiger partial charge in [0, 0.05) is 36.2 Å². The van der Waals surface area contributed by atoms with E-state index in [0.29, 0.717) is 0 Å². The van der Waals surface area contributed by atoms with Crippen LogP contribution in [-0.4, -0.2) is 25.2 Å². The number of benzene rings is 1. The zero-order valence-electron chi connectivity index (χ0n) is 15.4. The predicted octanol–water partition coefficient (Wildman–Crippen LogP) is 4.32. The highest BCUT2D eigenvalue weighted by atomic mass is 32.1. The van der Waals surface area contributed by atoms with Gasteiger partial charge in [-0.1, -0.05) is 32.9 Å². The molecule has 1 aromatic carbocycles. The minimum absolute atomic E-state index is 0.00841. The molecule has 0 saturated heterocycles. The van der Waals surface area contributed by atoms with Crippen molar-refractivity contribution < 1.29 is 9.47 Å². The van der Waals surface area contributed by atoms with Crippen LogP contribution in [0.2, 0.25) is 0 Å². The van der Waals surface area contributed by atoms with Crippen LogP contribution < -0.4 is 10.1 Å². The van der Waals surface area contributed by atoms with E-state index in [2.05, 4.69) is 50.1 Å². The average Bonchev–Trinajstić information content (AvgIpc) is 3.03. The number of nitrogens with zero attached hydrogens (tertiary/aromatic N) is 1. The molecule has 0 radical (unpaired) electrons. The summed E-state index contributed by atoms with van der Waals surface area (Å²) >= 11 is 1.77. The van der Waals surface area contributed by atoms with Gasteiger partial charge in [-0.25, -0.2) is 4.98 Å². The molecule has 0 aliphatic rings. The van der Waals surface area contributed by atoms with E-state index in [1.54, 1.807) is 25.6 Å². The molecule has 1 N–H and O–H groups in total. The van der Waals surface area contributed by atoms with Crippen molar-refractivity contribution in [3.63, 3.8) is 0 Å². The third kappa shape index (κ3) is 4.79. The largest absolute Gasteiger partial charge is 0.497 e. The quantitative estimate of drug-likeness (QED) is 0.809. The number of thiazole rings is 1. The average molecular weight is 349 g/mol. The molecular weight excluding hydrogens is 320 g/mol. The Labute approximate surface area is 149 Å². The second kappa shape index (κ2) is 8.10. The number of ether oxygens (including phenoxy) is 2. The summed E-state index contributed by atoms with van der Waals surface area (Å²) in [5, 5.41) is 4.73. The Morgan fingerprint density at radius 2 is 1.83 bits per heavy atom. The van der Waals surface area contributed by atoms with E-state index in [1.807, 2.05) is 18.3 Å². The Bertz CT molecular complexity index is 632. The van der Waals surface area contributed by atoms with Gasteiger partial charge >= 0.3 is 0 Å². The van der Waals surface area contributed by atoms with Crippen molar-refractivity contribution in [2.75, 3.05) is 14.2 Å². The van der Waals surface area contributed by atoms with Crippen molar-refractivity contribution in [1.29, 1.82) is 0 Å². The van der Waals surface area contributed by atoms with Crippen LogP contribution >= 0.6 is 11.3 Å². The van der Waals surface area contributed by atoms with Crippen molar-refractivity contribution >= 4 is 11.3 Å². The van der Waals surface area contributed by atoms with E-state index < -0.39 is 0 Å². The molecule has 0 unspecified atom stereocenters. The first-order valence-corrected chi connectivity index (χ1v) is 9.02. The first-order valence-electron chi connectivity index (χ1n) is 8.20. The molecule has 1 aromatic heterocycles. The second-order valence-electron chi connectivity index (χ2n) is 6.98. The lowest BCUT2D eigenvalue weighted by Gasteiger charge is -2.24. The highest BCUT2D eigenvalue weighted by Crippen LogP contribution is 2.27. The van der Waals surface area contributed by atoms with Gasteiger partial charge in [0.1, 0.15) is 5.75 Å². The summed E-state index contributed by atoms with van der Waals surface area (Å²) < 4.78 is 10.9. The van der Waals surface area contributed by atoms with Crippen LogP contribution in [0, 0.1) is 0 Å². The van der Waals surface area contributed by atoms with Gasteiger partial charge in [-0.3, -0.25) is 0 Å². The van der Waals surface area contributed by atoms with E-state index in [1.165, 1.54) is 9.88 Å². The molecule has 132 valence electrons. The van der Waals surface area contributed by atoms with Crippen molar-refractivity contribution in [3.8, 4) is 5.75 Å². The van der Waals surface area contributed by atoms with Gasteiger partial charge in [0.05, 0.1) is 18.2 Å². The molecule has 0 spiro atoms. The van der Waals surface area contributed by atoms with Crippen LogP contribution in [0.3, 0.4) is 0 Å². The molecule has 0 saturated carbocycles. The molecule has 5 heteroatoms. The lowest BCUT2D eigenvalue weighted by Crippen LogP contribution is -2.32. The Morgan fingerprint density at radius 1 is 1.17 bits per heavy atom. The van der Waals surface area contributed by atoms with Gasteiger partial charge in [0.15, 0.2) is 0 Å². The molecular formula is C19H28N2O2S. The number of hydrogen-bond donors (Lipinski definition) is 1. The molecule has 24 heavy (non-hydrogen) atoms. The van der Waals surface area contributed by atoms with Crippen LogP contribution in [0.5, 0.6) is 5.75 Å². The summed E-state index contributed by atoms with van der Waals surface area (Å²) in [5.74, 6) is 0.855. The summed E-state index contributed by atoms with van der Waals surface area (Å²) in [5.41, 5.74) is 1.24. The topological polar surface area (TPSA) is 43.4 Å². The molecule has 2 rings (SSSR count).